The molecule has 0 saturated heterocycles. The second-order valence-corrected chi connectivity index (χ2v) is 7.21. The molecule has 0 fully saturated rings. The number of hydrogen-bond acceptors (Lipinski definition) is 4. The van der Waals surface area contributed by atoms with E-state index in [1.807, 2.05) is 6.07 Å². The van der Waals surface area contributed by atoms with Crippen molar-refractivity contribution >= 4 is 27.4 Å². The number of rotatable bonds is 4. The van der Waals surface area contributed by atoms with Crippen LogP contribution in [0, 0.1) is 0 Å². The average Bonchev–Trinajstić information content (AvgIpc) is 2.76. The van der Waals surface area contributed by atoms with Crippen LogP contribution >= 0.6 is 11.6 Å². The molecular formula is C13H17ClN4O2S. The monoisotopic (exact) mass is 328 g/mol. The number of aromatic nitrogens is 2. The van der Waals surface area contributed by atoms with Crippen molar-refractivity contribution in [3.63, 3.8) is 0 Å². The SMILES string of the molecule is CC(c1cccc(Cl)c1)N(C)S(=O)(=O)c1cn(C)nc1N. The van der Waals surface area contributed by atoms with Gasteiger partial charge in [-0.05, 0) is 24.6 Å². The van der Waals surface area contributed by atoms with Crippen molar-refractivity contribution in [1.29, 1.82) is 0 Å². The molecule has 21 heavy (non-hydrogen) atoms. The zero-order chi connectivity index (χ0) is 15.8. The smallest absolute Gasteiger partial charge is 0.248 e. The van der Waals surface area contributed by atoms with Crippen molar-refractivity contribution in [2.45, 2.75) is 17.9 Å². The quantitative estimate of drug-likeness (QED) is 0.931. The molecule has 1 unspecified atom stereocenters. The number of nitrogens with two attached hydrogens (primary N) is 1. The summed E-state index contributed by atoms with van der Waals surface area (Å²) < 4.78 is 27.9. The third-order valence-corrected chi connectivity index (χ3v) is 5.54. The number of nitrogens with zero attached hydrogens (tertiary/aromatic N) is 3. The molecule has 8 heteroatoms. The molecule has 0 radical (unpaired) electrons. The Morgan fingerprint density at radius 2 is 2.10 bits per heavy atom. The highest BCUT2D eigenvalue weighted by molar-refractivity contribution is 7.89. The van der Waals surface area contributed by atoms with Gasteiger partial charge in [0, 0.05) is 31.4 Å². The van der Waals surface area contributed by atoms with Gasteiger partial charge in [-0.25, -0.2) is 8.42 Å². The Morgan fingerprint density at radius 3 is 2.62 bits per heavy atom. The summed E-state index contributed by atoms with van der Waals surface area (Å²) in [5, 5.41) is 4.43. The lowest BCUT2D eigenvalue weighted by Gasteiger charge is -2.24. The molecule has 2 N–H and O–H groups in total. The lowest BCUT2D eigenvalue weighted by molar-refractivity contribution is 0.398. The lowest BCUT2D eigenvalue weighted by Crippen LogP contribution is -2.30. The first-order chi connectivity index (χ1) is 9.73. The minimum absolute atomic E-state index is 0.00128. The summed E-state index contributed by atoms with van der Waals surface area (Å²) in [4.78, 5) is 0.00128. The molecule has 1 aromatic heterocycles. The molecule has 0 saturated carbocycles. The highest BCUT2D eigenvalue weighted by atomic mass is 35.5. The molecular weight excluding hydrogens is 312 g/mol. The van der Waals surface area contributed by atoms with E-state index in [-0.39, 0.29) is 16.8 Å². The Bertz CT molecular complexity index is 757. The first-order valence-corrected chi connectivity index (χ1v) is 8.08. The minimum Gasteiger partial charge on any atom is -0.381 e. The van der Waals surface area contributed by atoms with Gasteiger partial charge < -0.3 is 5.73 Å². The third kappa shape index (κ3) is 3.04. The molecule has 2 rings (SSSR count). The predicted molar refractivity (Wildman–Crippen MR) is 82.4 cm³/mol. The molecule has 114 valence electrons. The molecule has 0 aliphatic heterocycles. The van der Waals surface area contributed by atoms with Gasteiger partial charge in [-0.15, -0.1) is 0 Å². The Labute approximate surface area is 129 Å². The van der Waals surface area contributed by atoms with E-state index < -0.39 is 10.0 Å². The van der Waals surface area contributed by atoms with Crippen LogP contribution < -0.4 is 5.73 Å². The zero-order valence-corrected chi connectivity index (χ0v) is 13.6. The van der Waals surface area contributed by atoms with Crippen molar-refractivity contribution in [3.05, 3.63) is 41.0 Å². The lowest BCUT2D eigenvalue weighted by atomic mass is 10.1. The topological polar surface area (TPSA) is 81.2 Å². The highest BCUT2D eigenvalue weighted by Crippen LogP contribution is 2.28. The second-order valence-electron chi connectivity index (χ2n) is 4.80. The van der Waals surface area contributed by atoms with E-state index in [9.17, 15) is 8.42 Å². The maximum absolute atomic E-state index is 12.6. The fourth-order valence-corrected chi connectivity index (χ4v) is 3.66. The first-order valence-electron chi connectivity index (χ1n) is 6.26. The summed E-state index contributed by atoms with van der Waals surface area (Å²) in [7, 11) is -0.599. The number of aryl methyl sites for hydroxylation is 1. The summed E-state index contributed by atoms with van der Waals surface area (Å²) >= 11 is 5.95. The zero-order valence-electron chi connectivity index (χ0n) is 12.0. The van der Waals surface area contributed by atoms with Crippen LogP contribution in [-0.4, -0.2) is 29.6 Å². The molecule has 1 aromatic carbocycles. The molecule has 0 bridgehead atoms. The molecule has 1 heterocycles. The highest BCUT2D eigenvalue weighted by Gasteiger charge is 2.29. The number of halogens is 1. The normalized spacial score (nSPS) is 13.6. The van der Waals surface area contributed by atoms with Crippen LogP contribution in [0.4, 0.5) is 5.82 Å². The van der Waals surface area contributed by atoms with Gasteiger partial charge >= 0.3 is 0 Å². The van der Waals surface area contributed by atoms with Gasteiger partial charge in [0.1, 0.15) is 4.90 Å². The summed E-state index contributed by atoms with van der Waals surface area (Å²) in [5.41, 5.74) is 6.47. The van der Waals surface area contributed by atoms with Crippen LogP contribution in [-0.2, 0) is 17.1 Å². The fourth-order valence-electron chi connectivity index (χ4n) is 2.02. The van der Waals surface area contributed by atoms with E-state index >= 15 is 0 Å². The van der Waals surface area contributed by atoms with Crippen LogP contribution in [0.1, 0.15) is 18.5 Å². The first kappa shape index (κ1) is 15.8. The maximum Gasteiger partial charge on any atom is 0.248 e. The van der Waals surface area contributed by atoms with E-state index in [1.165, 1.54) is 22.2 Å². The number of hydrogen-bond donors (Lipinski definition) is 1. The average molecular weight is 329 g/mol. The molecule has 1 atom stereocenters. The second kappa shape index (κ2) is 5.67. The van der Waals surface area contributed by atoms with E-state index in [1.54, 1.807) is 32.2 Å². The van der Waals surface area contributed by atoms with Crippen LogP contribution in [0.3, 0.4) is 0 Å². The van der Waals surface area contributed by atoms with Crippen molar-refractivity contribution in [1.82, 2.24) is 14.1 Å². The van der Waals surface area contributed by atoms with Gasteiger partial charge in [0.15, 0.2) is 5.82 Å². The van der Waals surface area contributed by atoms with E-state index in [2.05, 4.69) is 5.10 Å². The Morgan fingerprint density at radius 1 is 1.43 bits per heavy atom. The predicted octanol–water partition coefficient (Wildman–Crippen LogP) is 2.04. The largest absolute Gasteiger partial charge is 0.381 e. The number of sulfonamides is 1. The molecule has 2 aromatic rings. The van der Waals surface area contributed by atoms with Crippen molar-refractivity contribution in [2.75, 3.05) is 12.8 Å². The van der Waals surface area contributed by atoms with E-state index in [4.69, 9.17) is 17.3 Å². The maximum atomic E-state index is 12.6. The van der Waals surface area contributed by atoms with Crippen molar-refractivity contribution in [2.24, 2.45) is 7.05 Å². The fraction of sp³-hybridized carbons (Fsp3) is 0.308. The molecule has 0 spiro atoms. The van der Waals surface area contributed by atoms with Gasteiger partial charge in [-0.1, -0.05) is 23.7 Å². The number of anilines is 1. The van der Waals surface area contributed by atoms with Gasteiger partial charge in [-0.3, -0.25) is 4.68 Å². The van der Waals surface area contributed by atoms with Crippen LogP contribution in [0.2, 0.25) is 5.02 Å². The van der Waals surface area contributed by atoms with Crippen molar-refractivity contribution in [3.8, 4) is 0 Å². The summed E-state index contributed by atoms with van der Waals surface area (Å²) in [6, 6.07) is 6.71. The molecule has 0 aliphatic rings. The third-order valence-electron chi connectivity index (χ3n) is 3.36. The van der Waals surface area contributed by atoms with Crippen molar-refractivity contribution < 1.29 is 8.42 Å². The van der Waals surface area contributed by atoms with Gasteiger partial charge in [0.25, 0.3) is 0 Å². The Kier molecular flexibility index (Phi) is 4.27. The Balaban J connectivity index is 2.38. The van der Waals surface area contributed by atoms with Gasteiger partial charge in [0.05, 0.1) is 0 Å². The standard InChI is InChI=1S/C13H17ClN4O2S/c1-9(10-5-4-6-11(14)7-10)18(3)21(19,20)12-8-17(2)16-13(12)15/h4-9H,1-3H3,(H2,15,16). The molecule has 0 aliphatic carbocycles. The van der Waals surface area contributed by atoms with Crippen LogP contribution in [0.25, 0.3) is 0 Å². The van der Waals surface area contributed by atoms with Gasteiger partial charge in [0.2, 0.25) is 10.0 Å². The van der Waals surface area contributed by atoms with Crippen LogP contribution in [0.5, 0.6) is 0 Å². The molecule has 6 nitrogen and oxygen atoms in total. The summed E-state index contributed by atoms with van der Waals surface area (Å²) in [6.07, 6.45) is 1.39. The van der Waals surface area contributed by atoms with E-state index in [0.29, 0.717) is 5.02 Å². The summed E-state index contributed by atoms with van der Waals surface area (Å²) in [5.74, 6) is -0.0114. The number of benzene rings is 1. The van der Waals surface area contributed by atoms with Crippen LogP contribution in [0.15, 0.2) is 35.4 Å². The summed E-state index contributed by atoms with van der Waals surface area (Å²) in [6.45, 7) is 1.79. The van der Waals surface area contributed by atoms with E-state index in [0.717, 1.165) is 5.56 Å². The Hall–Kier alpha value is -1.57. The van der Waals surface area contributed by atoms with Gasteiger partial charge in [-0.2, -0.15) is 9.40 Å². The minimum atomic E-state index is -3.73. The molecule has 0 amide bonds. The number of nitrogen functional groups attached to an aromatic ring is 1.